The third-order valence-corrected chi connectivity index (χ3v) is 4.89. The van der Waals surface area contributed by atoms with Crippen molar-refractivity contribution < 1.29 is 4.79 Å². The molecule has 0 spiro atoms. The Hall–Kier alpha value is -1.97. The molecular formula is C21H26N2O. The maximum Gasteiger partial charge on any atom is 0.159 e. The van der Waals surface area contributed by atoms with Gasteiger partial charge in [-0.15, -0.1) is 0 Å². The number of ketones is 1. The zero-order chi connectivity index (χ0) is 17.1. The van der Waals surface area contributed by atoms with Crippen LogP contribution in [0.15, 0.2) is 54.6 Å². The fourth-order valence-electron chi connectivity index (χ4n) is 3.52. The van der Waals surface area contributed by atoms with Crippen LogP contribution >= 0.6 is 0 Å². The van der Waals surface area contributed by atoms with Crippen LogP contribution in [-0.2, 0) is 0 Å². The summed E-state index contributed by atoms with van der Waals surface area (Å²) >= 11 is 0. The summed E-state index contributed by atoms with van der Waals surface area (Å²) in [5, 5.41) is 3.56. The van der Waals surface area contributed by atoms with Gasteiger partial charge >= 0.3 is 0 Å². The Morgan fingerprint density at radius 1 is 1.04 bits per heavy atom. The standard InChI is InChI=1S/C21H26N2O/c1-15-14-23(16(2)13-22-15)21(19-7-5-4-6-8-19)20-11-9-18(10-12-20)17(3)24/h4-12,15-16,21-22H,13-14H2,1-3H3/t15-,16+,21+/m1/s1. The third-order valence-electron chi connectivity index (χ3n) is 4.89. The zero-order valence-corrected chi connectivity index (χ0v) is 14.7. The topological polar surface area (TPSA) is 32.3 Å². The van der Waals surface area contributed by atoms with Gasteiger partial charge in [-0.1, -0.05) is 54.6 Å². The number of hydrogen-bond donors (Lipinski definition) is 1. The van der Waals surface area contributed by atoms with Gasteiger partial charge in [-0.2, -0.15) is 0 Å². The number of piperazine rings is 1. The Labute approximate surface area is 144 Å². The molecule has 1 heterocycles. The Kier molecular flexibility index (Phi) is 5.12. The van der Waals surface area contributed by atoms with Crippen molar-refractivity contribution in [1.82, 2.24) is 10.2 Å². The molecule has 2 aromatic rings. The molecule has 3 rings (SSSR count). The second-order valence-corrected chi connectivity index (χ2v) is 6.85. The van der Waals surface area contributed by atoms with E-state index in [0.717, 1.165) is 18.7 Å². The molecule has 1 aliphatic heterocycles. The van der Waals surface area contributed by atoms with E-state index < -0.39 is 0 Å². The highest BCUT2D eigenvalue weighted by atomic mass is 16.1. The zero-order valence-electron chi connectivity index (χ0n) is 14.7. The van der Waals surface area contributed by atoms with Gasteiger partial charge < -0.3 is 5.32 Å². The lowest BCUT2D eigenvalue weighted by atomic mass is 9.93. The van der Waals surface area contributed by atoms with Crippen LogP contribution < -0.4 is 5.32 Å². The van der Waals surface area contributed by atoms with Crippen LogP contribution in [0.2, 0.25) is 0 Å². The first-order chi connectivity index (χ1) is 11.6. The van der Waals surface area contributed by atoms with Crippen molar-refractivity contribution in [3.8, 4) is 0 Å². The predicted octanol–water partition coefficient (Wildman–Crippen LogP) is 3.66. The molecule has 0 unspecified atom stereocenters. The predicted molar refractivity (Wildman–Crippen MR) is 98.4 cm³/mol. The maximum absolute atomic E-state index is 11.6. The Morgan fingerprint density at radius 3 is 2.29 bits per heavy atom. The van der Waals surface area contributed by atoms with Crippen LogP contribution in [0.1, 0.15) is 48.3 Å². The molecule has 0 amide bonds. The average Bonchev–Trinajstić information content (AvgIpc) is 2.60. The molecule has 126 valence electrons. The van der Waals surface area contributed by atoms with E-state index in [4.69, 9.17) is 0 Å². The van der Waals surface area contributed by atoms with Gasteiger partial charge in [0, 0.05) is 30.7 Å². The SMILES string of the molecule is CC(=O)c1ccc([C@H](c2ccccc2)N2C[C@@H](C)NC[C@@H]2C)cc1. The first-order valence-corrected chi connectivity index (χ1v) is 8.71. The highest BCUT2D eigenvalue weighted by molar-refractivity contribution is 5.94. The van der Waals surface area contributed by atoms with Gasteiger partial charge in [-0.3, -0.25) is 9.69 Å². The fraction of sp³-hybridized carbons (Fsp3) is 0.381. The lowest BCUT2D eigenvalue weighted by Gasteiger charge is -2.43. The molecule has 2 aromatic carbocycles. The molecule has 3 nitrogen and oxygen atoms in total. The summed E-state index contributed by atoms with van der Waals surface area (Å²) in [5.41, 5.74) is 3.31. The first-order valence-electron chi connectivity index (χ1n) is 8.71. The van der Waals surface area contributed by atoms with Crippen molar-refractivity contribution >= 4 is 5.78 Å². The highest BCUT2D eigenvalue weighted by Gasteiger charge is 2.30. The van der Waals surface area contributed by atoms with Crippen LogP contribution in [0.4, 0.5) is 0 Å². The monoisotopic (exact) mass is 322 g/mol. The molecule has 1 fully saturated rings. The van der Waals surface area contributed by atoms with E-state index in [1.54, 1.807) is 6.92 Å². The van der Waals surface area contributed by atoms with Gasteiger partial charge in [0.25, 0.3) is 0 Å². The van der Waals surface area contributed by atoms with E-state index in [1.807, 2.05) is 12.1 Å². The molecule has 0 aromatic heterocycles. The number of hydrogen-bond acceptors (Lipinski definition) is 3. The molecule has 0 aliphatic carbocycles. The van der Waals surface area contributed by atoms with Crippen molar-refractivity contribution in [3.63, 3.8) is 0 Å². The van der Waals surface area contributed by atoms with E-state index in [2.05, 4.69) is 66.5 Å². The maximum atomic E-state index is 11.6. The smallest absolute Gasteiger partial charge is 0.159 e. The van der Waals surface area contributed by atoms with Crippen molar-refractivity contribution in [2.45, 2.75) is 38.9 Å². The number of Topliss-reactive ketones (excluding diaryl/α,β-unsaturated/α-hetero) is 1. The average molecular weight is 322 g/mol. The summed E-state index contributed by atoms with van der Waals surface area (Å²) in [6.45, 7) is 8.13. The molecule has 0 bridgehead atoms. The Morgan fingerprint density at radius 2 is 1.67 bits per heavy atom. The molecule has 1 N–H and O–H groups in total. The number of carbonyl (C=O) groups is 1. The highest BCUT2D eigenvalue weighted by Crippen LogP contribution is 2.31. The Balaban J connectivity index is 2.00. The van der Waals surface area contributed by atoms with Gasteiger partial charge in [0.05, 0.1) is 6.04 Å². The van der Waals surface area contributed by atoms with Crippen LogP contribution in [0.25, 0.3) is 0 Å². The number of nitrogens with one attached hydrogen (secondary N) is 1. The van der Waals surface area contributed by atoms with E-state index >= 15 is 0 Å². The van der Waals surface area contributed by atoms with Crippen LogP contribution in [0.5, 0.6) is 0 Å². The molecule has 24 heavy (non-hydrogen) atoms. The lowest BCUT2D eigenvalue weighted by Crippen LogP contribution is -2.55. The van der Waals surface area contributed by atoms with Crippen molar-refractivity contribution in [2.24, 2.45) is 0 Å². The third kappa shape index (κ3) is 3.58. The van der Waals surface area contributed by atoms with Crippen molar-refractivity contribution in [3.05, 3.63) is 71.3 Å². The summed E-state index contributed by atoms with van der Waals surface area (Å²) < 4.78 is 0. The lowest BCUT2D eigenvalue weighted by molar-refractivity contribution is 0.101. The Bertz CT molecular complexity index is 681. The van der Waals surface area contributed by atoms with Crippen LogP contribution in [-0.4, -0.2) is 35.9 Å². The minimum absolute atomic E-state index is 0.113. The van der Waals surface area contributed by atoms with E-state index in [9.17, 15) is 4.79 Å². The minimum Gasteiger partial charge on any atom is -0.311 e. The summed E-state index contributed by atoms with van der Waals surface area (Å²) in [5.74, 6) is 0.113. The number of carbonyl (C=O) groups excluding carboxylic acids is 1. The molecule has 3 atom stereocenters. The number of benzene rings is 2. The van der Waals surface area contributed by atoms with Gasteiger partial charge in [-0.05, 0) is 31.9 Å². The molecular weight excluding hydrogens is 296 g/mol. The number of rotatable bonds is 4. The van der Waals surface area contributed by atoms with Crippen LogP contribution in [0.3, 0.4) is 0 Å². The van der Waals surface area contributed by atoms with Gasteiger partial charge in [0.2, 0.25) is 0 Å². The second kappa shape index (κ2) is 7.29. The summed E-state index contributed by atoms with van der Waals surface area (Å²) in [6.07, 6.45) is 0. The summed E-state index contributed by atoms with van der Waals surface area (Å²) in [7, 11) is 0. The molecule has 0 radical (unpaired) electrons. The van der Waals surface area contributed by atoms with Gasteiger partial charge in [0.15, 0.2) is 5.78 Å². The fourth-order valence-corrected chi connectivity index (χ4v) is 3.52. The molecule has 3 heteroatoms. The summed E-state index contributed by atoms with van der Waals surface area (Å²) in [6, 6.07) is 19.9. The molecule has 1 saturated heterocycles. The number of nitrogens with zero attached hydrogens (tertiary/aromatic N) is 1. The first kappa shape index (κ1) is 16.9. The van der Waals surface area contributed by atoms with Crippen molar-refractivity contribution in [2.75, 3.05) is 13.1 Å². The molecule has 0 saturated carbocycles. The van der Waals surface area contributed by atoms with E-state index in [1.165, 1.54) is 11.1 Å². The second-order valence-electron chi connectivity index (χ2n) is 6.85. The summed E-state index contributed by atoms with van der Waals surface area (Å²) in [4.78, 5) is 14.1. The quantitative estimate of drug-likeness (QED) is 0.872. The largest absolute Gasteiger partial charge is 0.311 e. The normalized spacial score (nSPS) is 23.0. The minimum atomic E-state index is 0.113. The van der Waals surface area contributed by atoms with E-state index in [0.29, 0.717) is 12.1 Å². The van der Waals surface area contributed by atoms with Gasteiger partial charge in [0.1, 0.15) is 0 Å². The van der Waals surface area contributed by atoms with E-state index in [-0.39, 0.29) is 11.8 Å². The molecule has 1 aliphatic rings. The van der Waals surface area contributed by atoms with Gasteiger partial charge in [-0.25, -0.2) is 0 Å². The van der Waals surface area contributed by atoms with Crippen molar-refractivity contribution in [1.29, 1.82) is 0 Å². The van der Waals surface area contributed by atoms with Crippen LogP contribution in [0, 0.1) is 0 Å².